The number of aryl methyl sites for hydroxylation is 1. The summed E-state index contributed by atoms with van der Waals surface area (Å²) < 4.78 is 13.0. The summed E-state index contributed by atoms with van der Waals surface area (Å²) in [4.78, 5) is 13.1. The number of rotatable bonds is 3. The van der Waals surface area contributed by atoms with Gasteiger partial charge in [0, 0.05) is 10.6 Å². The Hall–Kier alpha value is -1.81. The fraction of sp³-hybridized carbons (Fsp3) is 0.133. The van der Waals surface area contributed by atoms with Crippen LogP contribution in [0.3, 0.4) is 0 Å². The first kappa shape index (κ1) is 13.6. The monoisotopic (exact) mass is 275 g/mol. The van der Waals surface area contributed by atoms with E-state index < -0.39 is 0 Å². The number of carbonyl (C=O) groups excluding carboxylic acids is 1. The number of thioether (sulfide) groups is 1. The first-order valence-corrected chi connectivity index (χ1v) is 7.05. The van der Waals surface area contributed by atoms with Crippen LogP contribution >= 0.6 is 11.8 Å². The maximum atomic E-state index is 13.0. The lowest BCUT2D eigenvalue weighted by Crippen LogP contribution is -2.13. The highest BCUT2D eigenvalue weighted by Crippen LogP contribution is 2.22. The molecule has 0 bridgehead atoms. The highest BCUT2D eigenvalue weighted by Gasteiger charge is 2.11. The molecular weight excluding hydrogens is 261 g/mol. The molecule has 0 spiro atoms. The van der Waals surface area contributed by atoms with Gasteiger partial charge in [-0.2, -0.15) is 0 Å². The average Bonchev–Trinajstić information content (AvgIpc) is 2.41. The van der Waals surface area contributed by atoms with Gasteiger partial charge in [0.2, 0.25) is 0 Å². The normalized spacial score (nSPS) is 10.3. The summed E-state index contributed by atoms with van der Waals surface area (Å²) in [5.41, 5.74) is 1.95. The predicted octanol–water partition coefficient (Wildman–Crippen LogP) is 4.11. The standard InChI is InChI=1S/C15H14FNOS/c1-10-9-11(16)7-8-13(10)17-15(18)12-5-3-4-6-14(12)19-2/h3-9H,1-2H3,(H,17,18). The highest BCUT2D eigenvalue weighted by molar-refractivity contribution is 7.98. The molecule has 0 radical (unpaired) electrons. The molecule has 0 saturated carbocycles. The highest BCUT2D eigenvalue weighted by atomic mass is 32.2. The van der Waals surface area contributed by atoms with Crippen LogP contribution in [0.1, 0.15) is 15.9 Å². The maximum absolute atomic E-state index is 13.0. The second kappa shape index (κ2) is 5.89. The van der Waals surface area contributed by atoms with Gasteiger partial charge in [-0.3, -0.25) is 4.79 Å². The molecule has 2 rings (SSSR count). The van der Waals surface area contributed by atoms with Gasteiger partial charge in [-0.1, -0.05) is 12.1 Å². The Balaban J connectivity index is 2.26. The van der Waals surface area contributed by atoms with E-state index in [0.717, 1.165) is 4.90 Å². The zero-order chi connectivity index (χ0) is 13.8. The van der Waals surface area contributed by atoms with E-state index in [0.29, 0.717) is 16.8 Å². The SMILES string of the molecule is CSc1ccccc1C(=O)Nc1ccc(F)cc1C. The Morgan fingerprint density at radius 1 is 1.21 bits per heavy atom. The molecule has 0 aliphatic heterocycles. The van der Waals surface area contributed by atoms with Crippen LogP contribution in [-0.2, 0) is 0 Å². The molecule has 19 heavy (non-hydrogen) atoms. The predicted molar refractivity (Wildman–Crippen MR) is 77.3 cm³/mol. The Morgan fingerprint density at radius 3 is 2.63 bits per heavy atom. The molecule has 4 heteroatoms. The van der Waals surface area contributed by atoms with Crippen LogP contribution in [0.2, 0.25) is 0 Å². The number of anilines is 1. The number of benzene rings is 2. The van der Waals surface area contributed by atoms with E-state index >= 15 is 0 Å². The molecule has 2 nitrogen and oxygen atoms in total. The van der Waals surface area contributed by atoms with Crippen LogP contribution in [0.15, 0.2) is 47.4 Å². The lowest BCUT2D eigenvalue weighted by atomic mass is 10.1. The first-order chi connectivity index (χ1) is 9.11. The van der Waals surface area contributed by atoms with Gasteiger partial charge in [0.05, 0.1) is 5.56 Å². The molecule has 98 valence electrons. The van der Waals surface area contributed by atoms with Gasteiger partial charge < -0.3 is 5.32 Å². The molecule has 0 aliphatic rings. The molecule has 0 fully saturated rings. The van der Waals surface area contributed by atoms with Crippen molar-refractivity contribution in [2.45, 2.75) is 11.8 Å². The van der Waals surface area contributed by atoms with E-state index in [4.69, 9.17) is 0 Å². The number of carbonyl (C=O) groups is 1. The van der Waals surface area contributed by atoms with Crippen molar-refractivity contribution in [1.82, 2.24) is 0 Å². The minimum absolute atomic E-state index is 0.181. The Morgan fingerprint density at radius 2 is 1.95 bits per heavy atom. The molecule has 0 unspecified atom stereocenters. The largest absolute Gasteiger partial charge is 0.322 e. The lowest BCUT2D eigenvalue weighted by Gasteiger charge is -2.10. The van der Waals surface area contributed by atoms with Crippen molar-refractivity contribution >= 4 is 23.4 Å². The zero-order valence-corrected chi connectivity index (χ0v) is 11.6. The number of hydrogen-bond acceptors (Lipinski definition) is 2. The zero-order valence-electron chi connectivity index (χ0n) is 10.7. The summed E-state index contributed by atoms with van der Waals surface area (Å²) in [5.74, 6) is -0.486. The van der Waals surface area contributed by atoms with E-state index in [-0.39, 0.29) is 11.7 Å². The van der Waals surface area contributed by atoms with Crippen LogP contribution in [0.5, 0.6) is 0 Å². The summed E-state index contributed by atoms with van der Waals surface area (Å²) in [5, 5.41) is 2.81. The van der Waals surface area contributed by atoms with Crippen molar-refractivity contribution in [2.75, 3.05) is 11.6 Å². The quantitative estimate of drug-likeness (QED) is 0.854. The number of hydrogen-bond donors (Lipinski definition) is 1. The Bertz CT molecular complexity index is 613. The van der Waals surface area contributed by atoms with Crippen molar-refractivity contribution in [3.05, 3.63) is 59.4 Å². The molecule has 0 aliphatic carbocycles. The van der Waals surface area contributed by atoms with Crippen LogP contribution < -0.4 is 5.32 Å². The topological polar surface area (TPSA) is 29.1 Å². The smallest absolute Gasteiger partial charge is 0.256 e. The minimum atomic E-state index is -0.306. The van der Waals surface area contributed by atoms with E-state index in [1.54, 1.807) is 19.1 Å². The van der Waals surface area contributed by atoms with Gasteiger partial charge in [0.25, 0.3) is 5.91 Å². The second-order valence-electron chi connectivity index (χ2n) is 4.11. The Labute approximate surface area is 116 Å². The third-order valence-electron chi connectivity index (χ3n) is 2.79. The van der Waals surface area contributed by atoms with Gasteiger partial charge in [0.15, 0.2) is 0 Å². The van der Waals surface area contributed by atoms with Gasteiger partial charge in [-0.25, -0.2) is 4.39 Å². The summed E-state index contributed by atoms with van der Waals surface area (Å²) in [6.07, 6.45) is 1.93. The third-order valence-corrected chi connectivity index (χ3v) is 3.58. The molecule has 0 saturated heterocycles. The van der Waals surface area contributed by atoms with Crippen molar-refractivity contribution in [2.24, 2.45) is 0 Å². The fourth-order valence-electron chi connectivity index (χ4n) is 1.79. The summed E-state index contributed by atoms with van der Waals surface area (Å²) in [6, 6.07) is 11.7. The van der Waals surface area contributed by atoms with E-state index in [1.807, 2.05) is 24.5 Å². The molecule has 0 heterocycles. The number of halogens is 1. The van der Waals surface area contributed by atoms with Gasteiger partial charge >= 0.3 is 0 Å². The summed E-state index contributed by atoms with van der Waals surface area (Å²) in [7, 11) is 0. The fourth-order valence-corrected chi connectivity index (χ4v) is 2.38. The van der Waals surface area contributed by atoms with Crippen molar-refractivity contribution in [3.63, 3.8) is 0 Å². The van der Waals surface area contributed by atoms with Gasteiger partial charge in [0.1, 0.15) is 5.82 Å². The van der Waals surface area contributed by atoms with Gasteiger partial charge in [-0.15, -0.1) is 11.8 Å². The van der Waals surface area contributed by atoms with Crippen LogP contribution in [0.25, 0.3) is 0 Å². The van der Waals surface area contributed by atoms with E-state index in [1.165, 1.54) is 23.9 Å². The molecule has 2 aromatic carbocycles. The Kier molecular flexibility index (Phi) is 4.22. The van der Waals surface area contributed by atoms with Crippen LogP contribution in [0, 0.1) is 12.7 Å². The van der Waals surface area contributed by atoms with Crippen molar-refractivity contribution in [1.29, 1.82) is 0 Å². The maximum Gasteiger partial charge on any atom is 0.256 e. The number of amides is 1. The molecule has 1 amide bonds. The van der Waals surface area contributed by atoms with Crippen LogP contribution in [-0.4, -0.2) is 12.2 Å². The summed E-state index contributed by atoms with van der Waals surface area (Å²) >= 11 is 1.52. The second-order valence-corrected chi connectivity index (χ2v) is 4.96. The van der Waals surface area contributed by atoms with E-state index in [9.17, 15) is 9.18 Å². The third kappa shape index (κ3) is 3.15. The average molecular weight is 275 g/mol. The van der Waals surface area contributed by atoms with Gasteiger partial charge in [-0.05, 0) is 49.1 Å². The van der Waals surface area contributed by atoms with Crippen molar-refractivity contribution < 1.29 is 9.18 Å². The molecule has 2 aromatic rings. The summed E-state index contributed by atoms with van der Waals surface area (Å²) in [6.45, 7) is 1.76. The molecule has 0 atom stereocenters. The first-order valence-electron chi connectivity index (χ1n) is 5.82. The minimum Gasteiger partial charge on any atom is -0.322 e. The van der Waals surface area contributed by atoms with Crippen molar-refractivity contribution in [3.8, 4) is 0 Å². The number of nitrogens with one attached hydrogen (secondary N) is 1. The molecular formula is C15H14FNOS. The lowest BCUT2D eigenvalue weighted by molar-refractivity contribution is 0.102. The van der Waals surface area contributed by atoms with Crippen LogP contribution in [0.4, 0.5) is 10.1 Å². The van der Waals surface area contributed by atoms with E-state index in [2.05, 4.69) is 5.32 Å². The molecule has 1 N–H and O–H groups in total. The molecule has 0 aromatic heterocycles.